The van der Waals surface area contributed by atoms with E-state index >= 15 is 0 Å². The maximum absolute atomic E-state index is 8.24. The van der Waals surface area contributed by atoms with Crippen LogP contribution in [0.3, 0.4) is 0 Å². The minimum atomic E-state index is -0.0277. The highest BCUT2D eigenvalue weighted by Crippen LogP contribution is 2.27. The van der Waals surface area contributed by atoms with E-state index in [-0.39, 0.29) is 6.61 Å². The van der Waals surface area contributed by atoms with Crippen LogP contribution in [-0.2, 0) is 0 Å². The SMILES string of the molecule is N#CCOc1cc(Cl)ccc1Cl. The molecule has 0 aromatic heterocycles. The molecule has 4 heteroatoms. The van der Waals surface area contributed by atoms with Crippen LogP contribution in [0.1, 0.15) is 0 Å². The summed E-state index contributed by atoms with van der Waals surface area (Å²) >= 11 is 11.4. The molecule has 2 nitrogen and oxygen atoms in total. The summed E-state index contributed by atoms with van der Waals surface area (Å²) in [6.45, 7) is -0.0277. The fourth-order valence-corrected chi connectivity index (χ4v) is 1.03. The molecule has 0 heterocycles. The Labute approximate surface area is 80.3 Å². The molecule has 0 fully saturated rings. The van der Waals surface area contributed by atoms with Crippen molar-refractivity contribution in [3.05, 3.63) is 28.2 Å². The number of hydrogen-bond donors (Lipinski definition) is 0. The van der Waals surface area contributed by atoms with Gasteiger partial charge in [-0.2, -0.15) is 5.26 Å². The van der Waals surface area contributed by atoms with E-state index in [1.54, 1.807) is 18.2 Å². The highest BCUT2D eigenvalue weighted by Gasteiger charge is 2.00. The van der Waals surface area contributed by atoms with Gasteiger partial charge in [0.15, 0.2) is 6.61 Å². The molecule has 0 aliphatic rings. The van der Waals surface area contributed by atoms with Crippen LogP contribution in [0.2, 0.25) is 10.0 Å². The average molecular weight is 202 g/mol. The third kappa shape index (κ3) is 2.30. The molecular formula is C8H5Cl2NO. The largest absolute Gasteiger partial charge is 0.477 e. The van der Waals surface area contributed by atoms with E-state index < -0.39 is 0 Å². The lowest BCUT2D eigenvalue weighted by atomic mass is 10.3. The smallest absolute Gasteiger partial charge is 0.174 e. The van der Waals surface area contributed by atoms with Crippen LogP contribution >= 0.6 is 23.2 Å². The summed E-state index contributed by atoms with van der Waals surface area (Å²) in [5.74, 6) is 0.436. The molecular weight excluding hydrogens is 197 g/mol. The lowest BCUT2D eigenvalue weighted by molar-refractivity contribution is 0.368. The monoisotopic (exact) mass is 201 g/mol. The number of nitriles is 1. The summed E-state index contributed by atoms with van der Waals surface area (Å²) in [6, 6.07) is 6.69. The zero-order valence-electron chi connectivity index (χ0n) is 6.05. The lowest BCUT2D eigenvalue weighted by Gasteiger charge is -2.03. The molecule has 0 radical (unpaired) electrons. The molecule has 1 rings (SSSR count). The number of halogens is 2. The van der Waals surface area contributed by atoms with Crippen LogP contribution in [0.4, 0.5) is 0 Å². The van der Waals surface area contributed by atoms with Gasteiger partial charge in [0.2, 0.25) is 0 Å². The lowest BCUT2D eigenvalue weighted by Crippen LogP contribution is -1.93. The normalized spacial score (nSPS) is 9.08. The number of rotatable bonds is 2. The second-order valence-corrected chi connectivity index (χ2v) is 2.87. The van der Waals surface area contributed by atoms with Crippen molar-refractivity contribution in [1.82, 2.24) is 0 Å². The van der Waals surface area contributed by atoms with Gasteiger partial charge in [0.1, 0.15) is 11.8 Å². The first kappa shape index (κ1) is 9.18. The Balaban J connectivity index is 2.84. The minimum absolute atomic E-state index is 0.0277. The molecule has 0 saturated carbocycles. The first-order chi connectivity index (χ1) is 5.74. The van der Waals surface area contributed by atoms with E-state index in [9.17, 15) is 0 Å². The number of hydrogen-bond acceptors (Lipinski definition) is 2. The maximum Gasteiger partial charge on any atom is 0.174 e. The molecule has 62 valence electrons. The van der Waals surface area contributed by atoms with Crippen molar-refractivity contribution in [1.29, 1.82) is 5.26 Å². The molecule has 0 bridgehead atoms. The Morgan fingerprint density at radius 1 is 1.42 bits per heavy atom. The van der Waals surface area contributed by atoms with Gasteiger partial charge in [0, 0.05) is 11.1 Å². The first-order valence-electron chi connectivity index (χ1n) is 3.19. The zero-order valence-corrected chi connectivity index (χ0v) is 7.56. The third-order valence-corrected chi connectivity index (χ3v) is 1.73. The standard InChI is InChI=1S/C8H5Cl2NO/c9-6-1-2-7(10)8(5-6)12-4-3-11/h1-2,5H,4H2. The van der Waals surface area contributed by atoms with Crippen LogP contribution in [0.5, 0.6) is 5.75 Å². The predicted octanol–water partition coefficient (Wildman–Crippen LogP) is 2.90. The van der Waals surface area contributed by atoms with Gasteiger partial charge in [-0.25, -0.2) is 0 Å². The van der Waals surface area contributed by atoms with Crippen molar-refractivity contribution in [3.8, 4) is 11.8 Å². The van der Waals surface area contributed by atoms with E-state index in [2.05, 4.69) is 0 Å². The van der Waals surface area contributed by atoms with Crippen molar-refractivity contribution in [2.75, 3.05) is 6.61 Å². The summed E-state index contributed by atoms with van der Waals surface area (Å²) in [5, 5.41) is 9.22. The molecule has 0 spiro atoms. The van der Waals surface area contributed by atoms with Gasteiger partial charge in [-0.1, -0.05) is 23.2 Å². The van der Waals surface area contributed by atoms with Gasteiger partial charge in [0.25, 0.3) is 0 Å². The molecule has 0 aliphatic heterocycles. The summed E-state index contributed by atoms with van der Waals surface area (Å²) < 4.78 is 4.99. The zero-order chi connectivity index (χ0) is 8.97. The highest BCUT2D eigenvalue weighted by molar-refractivity contribution is 6.34. The molecule has 0 amide bonds. The second-order valence-electron chi connectivity index (χ2n) is 2.02. The number of ether oxygens (including phenoxy) is 1. The molecule has 0 aliphatic carbocycles. The van der Waals surface area contributed by atoms with Gasteiger partial charge in [-0.15, -0.1) is 0 Å². The Bertz CT molecular complexity index is 319. The average Bonchev–Trinajstić information content (AvgIpc) is 2.07. The summed E-state index contributed by atoms with van der Waals surface area (Å²) in [7, 11) is 0. The molecule has 0 atom stereocenters. The van der Waals surface area contributed by atoms with E-state index in [4.69, 9.17) is 33.2 Å². The molecule has 0 N–H and O–H groups in total. The van der Waals surface area contributed by atoms with Crippen molar-refractivity contribution in [2.24, 2.45) is 0 Å². The van der Waals surface area contributed by atoms with E-state index in [1.165, 1.54) is 0 Å². The summed E-state index contributed by atoms with van der Waals surface area (Å²) in [6.07, 6.45) is 0. The molecule has 1 aromatic carbocycles. The van der Waals surface area contributed by atoms with Gasteiger partial charge in [-0.05, 0) is 12.1 Å². The topological polar surface area (TPSA) is 33.0 Å². The summed E-state index contributed by atoms with van der Waals surface area (Å²) in [4.78, 5) is 0. The van der Waals surface area contributed by atoms with Gasteiger partial charge in [-0.3, -0.25) is 0 Å². The van der Waals surface area contributed by atoms with Crippen molar-refractivity contribution < 1.29 is 4.74 Å². The van der Waals surface area contributed by atoms with E-state index in [1.807, 2.05) is 6.07 Å². The maximum atomic E-state index is 8.24. The third-order valence-electron chi connectivity index (χ3n) is 1.19. The van der Waals surface area contributed by atoms with Crippen LogP contribution in [-0.4, -0.2) is 6.61 Å². The Kier molecular flexibility index (Phi) is 3.21. The van der Waals surface area contributed by atoms with Gasteiger partial charge >= 0.3 is 0 Å². The molecule has 0 saturated heterocycles. The second kappa shape index (κ2) is 4.20. The Hall–Kier alpha value is -0.910. The van der Waals surface area contributed by atoms with Crippen molar-refractivity contribution >= 4 is 23.2 Å². The van der Waals surface area contributed by atoms with Crippen LogP contribution in [0.15, 0.2) is 18.2 Å². The number of benzene rings is 1. The quantitative estimate of drug-likeness (QED) is 0.738. The highest BCUT2D eigenvalue weighted by atomic mass is 35.5. The Morgan fingerprint density at radius 2 is 2.17 bits per heavy atom. The van der Waals surface area contributed by atoms with Crippen molar-refractivity contribution in [2.45, 2.75) is 0 Å². The fourth-order valence-electron chi connectivity index (χ4n) is 0.698. The summed E-state index contributed by atoms with van der Waals surface area (Å²) in [5.41, 5.74) is 0. The van der Waals surface area contributed by atoms with Crippen molar-refractivity contribution in [3.63, 3.8) is 0 Å². The molecule has 1 aromatic rings. The van der Waals surface area contributed by atoms with E-state index in [0.29, 0.717) is 15.8 Å². The van der Waals surface area contributed by atoms with Gasteiger partial charge < -0.3 is 4.74 Å². The number of nitrogens with zero attached hydrogens (tertiary/aromatic N) is 1. The first-order valence-corrected chi connectivity index (χ1v) is 3.94. The van der Waals surface area contributed by atoms with Crippen LogP contribution in [0, 0.1) is 11.3 Å². The molecule has 12 heavy (non-hydrogen) atoms. The fraction of sp³-hybridized carbons (Fsp3) is 0.125. The predicted molar refractivity (Wildman–Crippen MR) is 47.6 cm³/mol. The molecule has 0 unspecified atom stereocenters. The van der Waals surface area contributed by atoms with Crippen LogP contribution < -0.4 is 4.74 Å². The van der Waals surface area contributed by atoms with Gasteiger partial charge in [0.05, 0.1) is 5.02 Å². The van der Waals surface area contributed by atoms with E-state index in [0.717, 1.165) is 0 Å². The minimum Gasteiger partial charge on any atom is -0.477 e. The van der Waals surface area contributed by atoms with Crippen LogP contribution in [0.25, 0.3) is 0 Å². The Morgan fingerprint density at radius 3 is 2.83 bits per heavy atom.